The average Bonchev–Trinajstić information content (AvgIpc) is 3.07. The Balaban J connectivity index is 1.86. The fraction of sp³-hybridized carbons (Fsp3) is 0.0263. The summed E-state index contributed by atoms with van der Waals surface area (Å²) in [5.41, 5.74) is 0. The summed E-state index contributed by atoms with van der Waals surface area (Å²) in [4.78, 5) is 0. The zero-order chi connectivity index (χ0) is 28.0. The molecule has 0 bridgehead atoms. The van der Waals surface area contributed by atoms with Crippen molar-refractivity contribution < 1.29 is 15.8 Å². The second kappa shape index (κ2) is 12.7. The van der Waals surface area contributed by atoms with Gasteiger partial charge in [-0.25, -0.2) is 0 Å². The van der Waals surface area contributed by atoms with Crippen molar-refractivity contribution in [2.75, 3.05) is 0 Å². The summed E-state index contributed by atoms with van der Waals surface area (Å²) >= 11 is -2.21. The molecule has 0 nitrogen and oxygen atoms in total. The first-order chi connectivity index (χ1) is 20.3. The van der Waals surface area contributed by atoms with Crippen LogP contribution in [0.1, 0.15) is 6.92 Å². The zero-order valence-electron chi connectivity index (χ0n) is 23.2. The first kappa shape index (κ1) is 27.9. The van der Waals surface area contributed by atoms with Crippen LogP contribution < -0.4 is 31.8 Å². The predicted molar refractivity (Wildman–Crippen MR) is 185 cm³/mol. The second-order valence-electron chi connectivity index (χ2n) is 9.86. The third kappa shape index (κ3) is 4.94. The topological polar surface area (TPSA) is 0 Å². The number of hydrogen-bond acceptors (Lipinski definition) is 0. The van der Waals surface area contributed by atoms with Gasteiger partial charge in [-0.3, -0.25) is 0 Å². The molecule has 6 aromatic rings. The molecule has 0 radical (unpaired) electrons. The first-order valence-corrected chi connectivity index (χ1v) is 25.8. The molecular formula is C38H36P2Pt. The van der Waals surface area contributed by atoms with Crippen molar-refractivity contribution in [1.82, 2.24) is 0 Å². The third-order valence-corrected chi connectivity index (χ3v) is 54.0. The standard InChI is InChI=1S/2C18H15P.C2H4.Pt/c2*1-4-10-16(11-5-1)19(17-12-6-2-7-13-17)18-14-8-3-9-15-18;1-2;/h2*1-15H;1H,2H3;/q;;;-2/p+2. The Morgan fingerprint density at radius 1 is 0.317 bits per heavy atom. The molecule has 0 spiro atoms. The van der Waals surface area contributed by atoms with Crippen LogP contribution in [-0.4, -0.2) is 4.40 Å². The van der Waals surface area contributed by atoms with Gasteiger partial charge in [-0.1, -0.05) is 0 Å². The molecule has 0 aromatic heterocycles. The fourth-order valence-corrected chi connectivity index (χ4v) is 65.3. The van der Waals surface area contributed by atoms with Crippen LogP contribution in [0.15, 0.2) is 182 Å². The second-order valence-corrected chi connectivity index (χ2v) is 37.4. The van der Waals surface area contributed by atoms with Crippen LogP contribution in [0.25, 0.3) is 0 Å². The monoisotopic (exact) mass is 749 g/mol. The van der Waals surface area contributed by atoms with E-state index in [0.717, 1.165) is 0 Å². The summed E-state index contributed by atoms with van der Waals surface area (Å²) in [5.74, 6) is 0. The maximum absolute atomic E-state index is 2.74. The quantitative estimate of drug-likeness (QED) is 0.152. The number of hydrogen-bond donors (Lipinski definition) is 0. The normalized spacial score (nSPS) is 12.8. The molecule has 0 aliphatic carbocycles. The van der Waals surface area contributed by atoms with E-state index in [9.17, 15) is 0 Å². The van der Waals surface area contributed by atoms with E-state index in [4.69, 9.17) is 0 Å². The number of benzene rings is 6. The molecule has 208 valence electrons. The van der Waals surface area contributed by atoms with E-state index in [1.165, 1.54) is 31.8 Å². The van der Waals surface area contributed by atoms with Crippen molar-refractivity contribution in [1.29, 1.82) is 0 Å². The van der Waals surface area contributed by atoms with Gasteiger partial charge < -0.3 is 0 Å². The summed E-state index contributed by atoms with van der Waals surface area (Å²) in [7, 11) is 0. The van der Waals surface area contributed by atoms with Crippen LogP contribution in [0.3, 0.4) is 0 Å². The Morgan fingerprint density at radius 2 is 0.488 bits per heavy atom. The van der Waals surface area contributed by atoms with E-state index >= 15 is 0 Å². The van der Waals surface area contributed by atoms with Gasteiger partial charge in [-0.2, -0.15) is 0 Å². The Labute approximate surface area is 250 Å². The van der Waals surface area contributed by atoms with Crippen LogP contribution in [0.2, 0.25) is 0 Å². The molecule has 41 heavy (non-hydrogen) atoms. The van der Waals surface area contributed by atoms with E-state index in [1.54, 1.807) is 0 Å². The van der Waals surface area contributed by atoms with Gasteiger partial charge in [0, 0.05) is 0 Å². The summed E-state index contributed by atoms with van der Waals surface area (Å²) in [6.07, 6.45) is 0. The molecular weight excluding hydrogens is 713 g/mol. The molecule has 6 aromatic carbocycles. The first-order valence-electron chi connectivity index (χ1n) is 14.0. The van der Waals surface area contributed by atoms with Crippen LogP contribution in [-0.2, 0) is 15.8 Å². The summed E-state index contributed by atoms with van der Waals surface area (Å²) < 4.78 is 2.74. The number of rotatable bonds is 8. The van der Waals surface area contributed by atoms with Gasteiger partial charge in [0.05, 0.1) is 0 Å². The van der Waals surface area contributed by atoms with E-state index in [0.29, 0.717) is 0 Å². The SMILES string of the molecule is C[CH]=[Pt]([PH](c1ccccc1)(c1ccccc1)c1ccccc1)[PH](c1ccccc1)(c1ccccc1)c1ccccc1. The molecule has 6 rings (SSSR count). The minimum atomic E-state index is -2.57. The molecule has 0 saturated carbocycles. The predicted octanol–water partition coefficient (Wildman–Crippen LogP) is 6.71. The molecule has 0 heterocycles. The van der Waals surface area contributed by atoms with E-state index < -0.39 is 26.5 Å². The molecule has 3 heteroatoms. The van der Waals surface area contributed by atoms with Crippen LogP contribution in [0.4, 0.5) is 0 Å². The van der Waals surface area contributed by atoms with Gasteiger partial charge in [0.15, 0.2) is 0 Å². The fourth-order valence-electron chi connectivity index (χ4n) is 5.99. The van der Waals surface area contributed by atoms with Crippen molar-refractivity contribution in [2.24, 2.45) is 0 Å². The zero-order valence-corrected chi connectivity index (χ0v) is 27.5. The van der Waals surface area contributed by atoms with Crippen molar-refractivity contribution in [3.63, 3.8) is 0 Å². The minimum absolute atomic E-state index is 1.51. The summed E-state index contributed by atoms with van der Waals surface area (Å²) in [6, 6.07) is 69.2. The van der Waals surface area contributed by atoms with Crippen LogP contribution >= 0.6 is 10.7 Å². The molecule has 0 fully saturated rings. The van der Waals surface area contributed by atoms with E-state index in [2.05, 4.69) is 193 Å². The molecule has 0 atom stereocenters. The Bertz CT molecular complexity index is 1380. The van der Waals surface area contributed by atoms with Crippen LogP contribution in [0, 0.1) is 0 Å². The molecule has 0 aliphatic heterocycles. The van der Waals surface area contributed by atoms with Crippen molar-refractivity contribution in [2.45, 2.75) is 6.92 Å². The van der Waals surface area contributed by atoms with Gasteiger partial charge in [0.1, 0.15) is 0 Å². The van der Waals surface area contributed by atoms with Gasteiger partial charge in [0.2, 0.25) is 0 Å². The average molecular weight is 750 g/mol. The summed E-state index contributed by atoms with van der Waals surface area (Å²) in [6.45, 7) is 2.39. The maximum atomic E-state index is 2.74. The van der Waals surface area contributed by atoms with E-state index in [1.807, 2.05) is 0 Å². The van der Waals surface area contributed by atoms with Gasteiger partial charge in [0.25, 0.3) is 0 Å². The van der Waals surface area contributed by atoms with Gasteiger partial charge in [-0.05, 0) is 0 Å². The van der Waals surface area contributed by atoms with Crippen molar-refractivity contribution >= 4 is 46.9 Å². The molecule has 0 amide bonds. The summed E-state index contributed by atoms with van der Waals surface area (Å²) in [5, 5.41) is 3.94. The van der Waals surface area contributed by atoms with E-state index in [-0.39, 0.29) is 0 Å². The Kier molecular flexibility index (Phi) is 8.65. The third-order valence-electron chi connectivity index (χ3n) is 7.62. The molecule has 0 unspecified atom stereocenters. The molecule has 0 aliphatic rings. The molecule has 0 saturated heterocycles. The molecule has 0 N–H and O–H groups in total. The Morgan fingerprint density at radius 3 is 0.634 bits per heavy atom. The van der Waals surface area contributed by atoms with Crippen molar-refractivity contribution in [3.8, 4) is 0 Å². The van der Waals surface area contributed by atoms with Crippen LogP contribution in [0.5, 0.6) is 0 Å². The Hall–Kier alpha value is -3.26. The van der Waals surface area contributed by atoms with Gasteiger partial charge in [-0.15, -0.1) is 0 Å². The van der Waals surface area contributed by atoms with Crippen molar-refractivity contribution in [3.05, 3.63) is 182 Å². The van der Waals surface area contributed by atoms with Gasteiger partial charge >= 0.3 is 252 Å².